The van der Waals surface area contributed by atoms with Crippen LogP contribution in [0.25, 0.3) is 10.9 Å². The zero-order valence-electron chi connectivity index (χ0n) is 10.8. The minimum atomic E-state index is -1.35. The number of rotatable bonds is 4. The first kappa shape index (κ1) is 14.7. The van der Waals surface area contributed by atoms with Gasteiger partial charge in [0, 0.05) is 17.1 Å². The topological polar surface area (TPSA) is 134 Å². The minimum Gasteiger partial charge on any atom is -0.477 e. The number of H-pyrrole nitrogens is 1. The van der Waals surface area contributed by atoms with Crippen molar-refractivity contribution in [1.82, 2.24) is 4.98 Å². The fraction of sp³-hybridized carbons (Fsp3) is 0.214. The van der Waals surface area contributed by atoms with E-state index >= 15 is 0 Å². The van der Waals surface area contributed by atoms with Gasteiger partial charge in [0.2, 0.25) is 5.43 Å². The Bertz CT molecular complexity index is 790. The van der Waals surface area contributed by atoms with Gasteiger partial charge in [-0.3, -0.25) is 4.79 Å². The molecule has 0 aliphatic heterocycles. The van der Waals surface area contributed by atoms with Gasteiger partial charge in [0.1, 0.15) is 11.7 Å². The van der Waals surface area contributed by atoms with Crippen LogP contribution < -0.4 is 5.43 Å². The first-order chi connectivity index (χ1) is 9.95. The maximum absolute atomic E-state index is 12.0. The Kier molecular flexibility index (Phi) is 4.03. The van der Waals surface area contributed by atoms with Crippen LogP contribution in [0.5, 0.6) is 0 Å². The third kappa shape index (κ3) is 2.76. The Morgan fingerprint density at radius 1 is 1.38 bits per heavy atom. The predicted octanol–water partition coefficient (Wildman–Crippen LogP) is 0.534. The third-order valence-electron chi connectivity index (χ3n) is 3.14. The number of hydrogen-bond donors (Lipinski definition) is 4. The highest BCUT2D eigenvalue weighted by atomic mass is 16.4. The predicted molar refractivity (Wildman–Crippen MR) is 72.7 cm³/mol. The van der Waals surface area contributed by atoms with Crippen LogP contribution in [-0.4, -0.2) is 32.4 Å². The van der Waals surface area contributed by atoms with E-state index in [-0.39, 0.29) is 17.4 Å². The Hall–Kier alpha value is -2.69. The van der Waals surface area contributed by atoms with Gasteiger partial charge in [-0.2, -0.15) is 5.26 Å². The molecule has 0 radical (unpaired) electrons. The van der Waals surface area contributed by atoms with Crippen LogP contribution in [0.3, 0.4) is 0 Å². The molecule has 4 N–H and O–H groups in total. The average Bonchev–Trinajstić information content (AvgIpc) is 2.46. The molecule has 7 nitrogen and oxygen atoms in total. The fourth-order valence-corrected chi connectivity index (χ4v) is 2.01. The Morgan fingerprint density at radius 3 is 2.71 bits per heavy atom. The molecule has 0 fully saturated rings. The van der Waals surface area contributed by atoms with E-state index in [0.29, 0.717) is 5.52 Å². The van der Waals surface area contributed by atoms with Crippen LogP contribution in [0.4, 0.5) is 0 Å². The summed E-state index contributed by atoms with van der Waals surface area (Å²) in [6.07, 6.45) is -1.77. The lowest BCUT2D eigenvalue weighted by atomic mass is 10.00. The number of aliphatic hydroxyl groups is 2. The van der Waals surface area contributed by atoms with Crippen LogP contribution in [0.15, 0.2) is 29.2 Å². The molecule has 1 aromatic heterocycles. The van der Waals surface area contributed by atoms with Crippen LogP contribution in [0.2, 0.25) is 0 Å². The van der Waals surface area contributed by atoms with E-state index in [9.17, 15) is 19.8 Å². The van der Waals surface area contributed by atoms with Crippen molar-refractivity contribution in [2.24, 2.45) is 0 Å². The van der Waals surface area contributed by atoms with Gasteiger partial charge in [0.25, 0.3) is 0 Å². The molecule has 0 spiro atoms. The number of fused-ring (bicyclic) bond motifs is 1. The maximum atomic E-state index is 12.0. The van der Waals surface area contributed by atoms with Gasteiger partial charge >= 0.3 is 5.97 Å². The molecule has 0 saturated heterocycles. The number of carboxylic acid groups (broad SMARTS) is 1. The molecule has 0 saturated carbocycles. The van der Waals surface area contributed by atoms with E-state index in [1.54, 1.807) is 6.07 Å². The number of carboxylic acids is 1. The van der Waals surface area contributed by atoms with Gasteiger partial charge in [-0.15, -0.1) is 0 Å². The average molecular weight is 288 g/mol. The first-order valence-corrected chi connectivity index (χ1v) is 6.07. The molecule has 2 aromatic rings. The summed E-state index contributed by atoms with van der Waals surface area (Å²) in [5.74, 6) is -1.35. The summed E-state index contributed by atoms with van der Waals surface area (Å²) < 4.78 is 0. The zero-order chi connectivity index (χ0) is 15.6. The van der Waals surface area contributed by atoms with Gasteiger partial charge in [-0.05, 0) is 17.7 Å². The molecule has 0 aliphatic carbocycles. The summed E-state index contributed by atoms with van der Waals surface area (Å²) in [5, 5.41) is 37.0. The van der Waals surface area contributed by atoms with Crippen molar-refractivity contribution >= 4 is 16.9 Å². The minimum absolute atomic E-state index is 0.0932. The van der Waals surface area contributed by atoms with E-state index in [2.05, 4.69) is 4.98 Å². The maximum Gasteiger partial charge on any atom is 0.341 e. The number of benzene rings is 1. The summed E-state index contributed by atoms with van der Waals surface area (Å²) in [6.45, 7) is 0. The number of aromatic carboxylic acids is 1. The van der Waals surface area contributed by atoms with Crippen molar-refractivity contribution in [2.75, 3.05) is 0 Å². The quantitative estimate of drug-likeness (QED) is 0.648. The second kappa shape index (κ2) is 5.75. The highest BCUT2D eigenvalue weighted by Crippen LogP contribution is 2.21. The molecule has 0 amide bonds. The molecular weight excluding hydrogens is 276 g/mol. The normalized spacial score (nSPS) is 13.6. The lowest BCUT2D eigenvalue weighted by Gasteiger charge is -2.16. The van der Waals surface area contributed by atoms with Crippen LogP contribution >= 0.6 is 0 Å². The first-order valence-electron chi connectivity index (χ1n) is 6.07. The molecular formula is C14H12N2O5. The molecule has 1 heterocycles. The number of nitriles is 1. The van der Waals surface area contributed by atoms with Crippen molar-refractivity contribution in [3.8, 4) is 6.07 Å². The lowest BCUT2D eigenvalue weighted by Crippen LogP contribution is -2.19. The van der Waals surface area contributed by atoms with E-state index in [4.69, 9.17) is 10.4 Å². The van der Waals surface area contributed by atoms with E-state index in [1.807, 2.05) is 0 Å². The fourth-order valence-electron chi connectivity index (χ4n) is 2.01. The third-order valence-corrected chi connectivity index (χ3v) is 3.14. The number of carbonyl (C=O) groups is 1. The summed E-state index contributed by atoms with van der Waals surface area (Å²) in [5.41, 5.74) is -0.444. The molecule has 1 aromatic carbocycles. The van der Waals surface area contributed by atoms with Crippen LogP contribution in [0, 0.1) is 11.3 Å². The number of aromatic nitrogens is 1. The number of pyridine rings is 1. The molecule has 21 heavy (non-hydrogen) atoms. The van der Waals surface area contributed by atoms with Crippen molar-refractivity contribution in [3.05, 3.63) is 45.7 Å². The SMILES string of the molecule is N#CCC(O)C(O)c1ccc2[nH]cc(C(=O)O)c(=O)c2c1. The number of aliphatic hydroxyl groups excluding tert-OH is 2. The van der Waals surface area contributed by atoms with E-state index in [0.717, 1.165) is 6.20 Å². The Balaban J connectivity index is 2.55. The van der Waals surface area contributed by atoms with Crippen molar-refractivity contribution in [2.45, 2.75) is 18.6 Å². The van der Waals surface area contributed by atoms with Gasteiger partial charge in [-0.25, -0.2) is 4.79 Å². The largest absolute Gasteiger partial charge is 0.477 e. The second-order valence-electron chi connectivity index (χ2n) is 4.52. The van der Waals surface area contributed by atoms with Gasteiger partial charge in [-0.1, -0.05) is 6.07 Å². The molecule has 0 bridgehead atoms. The lowest BCUT2D eigenvalue weighted by molar-refractivity contribution is 0.0217. The van der Waals surface area contributed by atoms with Gasteiger partial charge in [0.15, 0.2) is 0 Å². The monoisotopic (exact) mass is 288 g/mol. The smallest absolute Gasteiger partial charge is 0.341 e. The highest BCUT2D eigenvalue weighted by molar-refractivity contribution is 5.92. The summed E-state index contributed by atoms with van der Waals surface area (Å²) in [6, 6.07) is 6.04. The highest BCUT2D eigenvalue weighted by Gasteiger charge is 2.19. The Morgan fingerprint density at radius 2 is 2.10 bits per heavy atom. The molecule has 0 aliphatic rings. The summed E-state index contributed by atoms with van der Waals surface area (Å²) >= 11 is 0. The number of nitrogens with zero attached hydrogens (tertiary/aromatic N) is 1. The molecule has 2 atom stereocenters. The Labute approximate surface area is 118 Å². The standard InChI is InChI=1S/C14H12N2O5/c15-4-3-11(17)12(18)7-1-2-10-8(5-7)13(19)9(6-16-10)14(20)21/h1-2,5-6,11-12,17-18H,3H2,(H,16,19)(H,20,21). The number of aromatic amines is 1. The number of nitrogens with one attached hydrogen (secondary N) is 1. The van der Waals surface area contributed by atoms with Crippen LogP contribution in [0.1, 0.15) is 28.4 Å². The summed E-state index contributed by atoms with van der Waals surface area (Å²) in [4.78, 5) is 25.7. The molecule has 2 unspecified atom stereocenters. The molecule has 108 valence electrons. The van der Waals surface area contributed by atoms with E-state index in [1.165, 1.54) is 18.2 Å². The summed E-state index contributed by atoms with van der Waals surface area (Å²) in [7, 11) is 0. The zero-order valence-corrected chi connectivity index (χ0v) is 10.8. The molecule has 7 heteroatoms. The van der Waals surface area contributed by atoms with Crippen LogP contribution in [-0.2, 0) is 0 Å². The van der Waals surface area contributed by atoms with Crippen molar-refractivity contribution in [3.63, 3.8) is 0 Å². The number of hydrogen-bond acceptors (Lipinski definition) is 5. The van der Waals surface area contributed by atoms with E-state index < -0.39 is 29.2 Å². The van der Waals surface area contributed by atoms with Gasteiger partial charge < -0.3 is 20.3 Å². The van der Waals surface area contributed by atoms with Crippen molar-refractivity contribution < 1.29 is 20.1 Å². The van der Waals surface area contributed by atoms with Gasteiger partial charge in [0.05, 0.1) is 18.6 Å². The molecule has 2 rings (SSSR count). The van der Waals surface area contributed by atoms with Crippen molar-refractivity contribution in [1.29, 1.82) is 5.26 Å². The second-order valence-corrected chi connectivity index (χ2v) is 4.52.